The van der Waals surface area contributed by atoms with Crippen LogP contribution >= 0.6 is 11.6 Å². The number of aliphatic imine (C=N–C) groups is 1. The van der Waals surface area contributed by atoms with Crippen LogP contribution in [0.15, 0.2) is 47.5 Å². The molecule has 5 nitrogen and oxygen atoms in total. The molecule has 1 saturated heterocycles. The van der Waals surface area contributed by atoms with Crippen molar-refractivity contribution >= 4 is 23.4 Å². The molecule has 2 aliphatic rings. The highest BCUT2D eigenvalue weighted by molar-refractivity contribution is 6.30. The second-order valence-electron chi connectivity index (χ2n) is 8.01. The van der Waals surface area contributed by atoms with E-state index in [1.807, 2.05) is 25.1 Å². The molecule has 29 heavy (non-hydrogen) atoms. The predicted molar refractivity (Wildman–Crippen MR) is 121 cm³/mol. The van der Waals surface area contributed by atoms with Gasteiger partial charge in [0.25, 0.3) is 0 Å². The summed E-state index contributed by atoms with van der Waals surface area (Å²) in [6, 6.07) is 15.3. The van der Waals surface area contributed by atoms with Crippen LogP contribution in [0.25, 0.3) is 0 Å². The van der Waals surface area contributed by atoms with Gasteiger partial charge in [-0.25, -0.2) is 4.98 Å². The van der Waals surface area contributed by atoms with E-state index in [0.29, 0.717) is 18.0 Å². The first-order valence-corrected chi connectivity index (χ1v) is 11.0. The Kier molecular flexibility index (Phi) is 6.24. The summed E-state index contributed by atoms with van der Waals surface area (Å²) in [6.45, 7) is 6.93. The van der Waals surface area contributed by atoms with Crippen LogP contribution < -0.4 is 15.5 Å². The van der Waals surface area contributed by atoms with Crippen molar-refractivity contribution in [2.24, 2.45) is 4.99 Å². The van der Waals surface area contributed by atoms with E-state index in [1.54, 1.807) is 0 Å². The number of guanidine groups is 1. The minimum absolute atomic E-state index is 0.433. The molecule has 0 radical (unpaired) electrons. The number of benzene rings is 1. The van der Waals surface area contributed by atoms with Crippen LogP contribution in [0.1, 0.15) is 43.4 Å². The Labute approximate surface area is 178 Å². The molecule has 1 aromatic heterocycles. The van der Waals surface area contributed by atoms with Crippen LogP contribution in [0.2, 0.25) is 5.02 Å². The average Bonchev–Trinajstić information content (AvgIpc) is 3.48. The van der Waals surface area contributed by atoms with E-state index in [1.165, 1.54) is 5.56 Å². The summed E-state index contributed by atoms with van der Waals surface area (Å²) in [5.41, 5.74) is 2.38. The van der Waals surface area contributed by atoms with Crippen molar-refractivity contribution in [2.45, 2.75) is 51.1 Å². The maximum absolute atomic E-state index is 6.15. The molecule has 0 spiro atoms. The molecule has 1 aromatic carbocycles. The van der Waals surface area contributed by atoms with Crippen molar-refractivity contribution in [3.63, 3.8) is 0 Å². The largest absolute Gasteiger partial charge is 0.356 e. The van der Waals surface area contributed by atoms with Crippen molar-refractivity contribution in [1.29, 1.82) is 0 Å². The molecule has 2 aromatic rings. The van der Waals surface area contributed by atoms with E-state index < -0.39 is 0 Å². The molecule has 2 unspecified atom stereocenters. The van der Waals surface area contributed by atoms with Gasteiger partial charge in [-0.1, -0.05) is 29.8 Å². The SMILES string of the molecule is CCN=C(NC1CCN(c2cccc(C)n2)CC1)NC1CC1c1cccc(Cl)c1. The van der Waals surface area contributed by atoms with E-state index >= 15 is 0 Å². The van der Waals surface area contributed by atoms with Gasteiger partial charge in [-0.2, -0.15) is 0 Å². The van der Waals surface area contributed by atoms with E-state index in [0.717, 1.165) is 61.4 Å². The number of pyridine rings is 1. The molecule has 1 saturated carbocycles. The van der Waals surface area contributed by atoms with Crippen LogP contribution in [0.4, 0.5) is 5.82 Å². The minimum atomic E-state index is 0.433. The van der Waals surface area contributed by atoms with Crippen molar-refractivity contribution in [3.05, 3.63) is 58.7 Å². The number of nitrogens with one attached hydrogen (secondary N) is 2. The Hall–Kier alpha value is -2.27. The van der Waals surface area contributed by atoms with Gasteiger partial charge < -0.3 is 15.5 Å². The van der Waals surface area contributed by atoms with Crippen molar-refractivity contribution in [1.82, 2.24) is 15.6 Å². The zero-order chi connectivity index (χ0) is 20.2. The highest BCUT2D eigenvalue weighted by atomic mass is 35.5. The number of anilines is 1. The molecule has 154 valence electrons. The Bertz CT molecular complexity index is 860. The molecule has 2 heterocycles. The first kappa shape index (κ1) is 20.0. The van der Waals surface area contributed by atoms with Gasteiger partial charge >= 0.3 is 0 Å². The summed E-state index contributed by atoms with van der Waals surface area (Å²) >= 11 is 6.15. The summed E-state index contributed by atoms with van der Waals surface area (Å²) in [6.07, 6.45) is 3.30. The maximum atomic E-state index is 6.15. The molecule has 4 rings (SSSR count). The first-order valence-electron chi connectivity index (χ1n) is 10.6. The summed E-state index contributed by atoms with van der Waals surface area (Å²) in [5.74, 6) is 2.55. The maximum Gasteiger partial charge on any atom is 0.191 e. The van der Waals surface area contributed by atoms with Crippen LogP contribution in [0.3, 0.4) is 0 Å². The minimum Gasteiger partial charge on any atom is -0.356 e. The lowest BCUT2D eigenvalue weighted by atomic mass is 10.1. The molecule has 0 amide bonds. The molecule has 1 aliphatic carbocycles. The van der Waals surface area contributed by atoms with Crippen LogP contribution in [-0.4, -0.2) is 42.7 Å². The molecule has 6 heteroatoms. The van der Waals surface area contributed by atoms with Gasteiger partial charge in [0.1, 0.15) is 5.82 Å². The zero-order valence-corrected chi connectivity index (χ0v) is 18.0. The van der Waals surface area contributed by atoms with Crippen molar-refractivity contribution in [3.8, 4) is 0 Å². The summed E-state index contributed by atoms with van der Waals surface area (Å²) < 4.78 is 0. The number of aromatic nitrogens is 1. The Morgan fingerprint density at radius 3 is 2.69 bits per heavy atom. The number of piperidine rings is 1. The topological polar surface area (TPSA) is 52.6 Å². The van der Waals surface area contributed by atoms with Gasteiger partial charge in [0.15, 0.2) is 5.96 Å². The third-order valence-electron chi connectivity index (χ3n) is 5.74. The molecule has 2 N–H and O–H groups in total. The van der Waals surface area contributed by atoms with Gasteiger partial charge in [0, 0.05) is 48.4 Å². The predicted octanol–water partition coefficient (Wildman–Crippen LogP) is 4.12. The molecule has 0 bridgehead atoms. The van der Waals surface area contributed by atoms with E-state index in [2.05, 4.69) is 56.7 Å². The molecular weight excluding hydrogens is 382 g/mol. The lowest BCUT2D eigenvalue weighted by Gasteiger charge is -2.34. The van der Waals surface area contributed by atoms with E-state index in [9.17, 15) is 0 Å². The van der Waals surface area contributed by atoms with Crippen LogP contribution in [-0.2, 0) is 0 Å². The summed E-state index contributed by atoms with van der Waals surface area (Å²) in [7, 11) is 0. The van der Waals surface area contributed by atoms with E-state index in [-0.39, 0.29) is 0 Å². The lowest BCUT2D eigenvalue weighted by Crippen LogP contribution is -2.49. The number of nitrogens with zero attached hydrogens (tertiary/aromatic N) is 3. The number of aryl methyl sites for hydroxylation is 1. The Morgan fingerprint density at radius 1 is 1.17 bits per heavy atom. The highest BCUT2D eigenvalue weighted by Crippen LogP contribution is 2.41. The fourth-order valence-electron chi connectivity index (χ4n) is 4.08. The van der Waals surface area contributed by atoms with Crippen molar-refractivity contribution in [2.75, 3.05) is 24.5 Å². The van der Waals surface area contributed by atoms with Gasteiger partial charge in [0.2, 0.25) is 0 Å². The Balaban J connectivity index is 1.29. The van der Waals surface area contributed by atoms with Gasteiger partial charge in [-0.15, -0.1) is 0 Å². The average molecular weight is 412 g/mol. The summed E-state index contributed by atoms with van der Waals surface area (Å²) in [4.78, 5) is 11.7. The van der Waals surface area contributed by atoms with Crippen LogP contribution in [0, 0.1) is 6.92 Å². The van der Waals surface area contributed by atoms with Crippen molar-refractivity contribution < 1.29 is 0 Å². The lowest BCUT2D eigenvalue weighted by molar-refractivity contribution is 0.459. The molecule has 2 fully saturated rings. The van der Waals surface area contributed by atoms with E-state index in [4.69, 9.17) is 11.6 Å². The third-order valence-corrected chi connectivity index (χ3v) is 5.97. The molecular formula is C23H30ClN5. The fraction of sp³-hybridized carbons (Fsp3) is 0.478. The van der Waals surface area contributed by atoms with Gasteiger partial charge in [-0.3, -0.25) is 4.99 Å². The number of hydrogen-bond donors (Lipinski definition) is 2. The number of rotatable bonds is 5. The molecule has 1 aliphatic heterocycles. The smallest absolute Gasteiger partial charge is 0.191 e. The Morgan fingerprint density at radius 2 is 1.97 bits per heavy atom. The van der Waals surface area contributed by atoms with Gasteiger partial charge in [0.05, 0.1) is 0 Å². The fourth-order valence-corrected chi connectivity index (χ4v) is 4.28. The summed E-state index contributed by atoms with van der Waals surface area (Å²) in [5, 5.41) is 8.10. The second kappa shape index (κ2) is 9.04. The monoisotopic (exact) mass is 411 g/mol. The van der Waals surface area contributed by atoms with Crippen LogP contribution in [0.5, 0.6) is 0 Å². The zero-order valence-electron chi connectivity index (χ0n) is 17.2. The third kappa shape index (κ3) is 5.21. The highest BCUT2D eigenvalue weighted by Gasteiger charge is 2.39. The first-order chi connectivity index (χ1) is 14.1. The number of hydrogen-bond acceptors (Lipinski definition) is 3. The quantitative estimate of drug-likeness (QED) is 0.574. The molecule has 2 atom stereocenters. The number of halogens is 1. The van der Waals surface area contributed by atoms with Gasteiger partial charge in [-0.05, 0) is 62.9 Å². The normalized spacial score (nSPS) is 22.4. The second-order valence-corrected chi connectivity index (χ2v) is 8.45. The standard InChI is InChI=1S/C23H30ClN5/c1-3-25-23(28-21-15-20(21)17-7-5-8-18(24)14-17)27-19-10-12-29(13-11-19)22-9-4-6-16(2)26-22/h4-9,14,19-21H,3,10-13,15H2,1-2H3,(H2,25,27,28).